The van der Waals surface area contributed by atoms with E-state index in [4.69, 9.17) is 27.6 Å². The van der Waals surface area contributed by atoms with E-state index in [1.165, 1.54) is 5.56 Å². The zero-order chi connectivity index (χ0) is 22.1. The maximum Gasteiger partial charge on any atom is 0.257 e. The number of amides is 1. The van der Waals surface area contributed by atoms with Gasteiger partial charge in [0.15, 0.2) is 5.58 Å². The van der Waals surface area contributed by atoms with E-state index in [2.05, 4.69) is 36.3 Å². The molecule has 31 heavy (non-hydrogen) atoms. The van der Waals surface area contributed by atoms with Crippen LogP contribution in [0.3, 0.4) is 0 Å². The van der Waals surface area contributed by atoms with Gasteiger partial charge in [0.05, 0.1) is 21.3 Å². The van der Waals surface area contributed by atoms with Crippen molar-refractivity contribution < 1.29 is 9.21 Å². The number of anilines is 1. The summed E-state index contributed by atoms with van der Waals surface area (Å²) < 4.78 is 5.95. The average Bonchev–Trinajstić information content (AvgIpc) is 3.18. The number of hydrogen-bond donors (Lipinski definition) is 1. The number of nitrogens with one attached hydrogen (secondary N) is 1. The van der Waals surface area contributed by atoms with Gasteiger partial charge < -0.3 is 9.73 Å². The van der Waals surface area contributed by atoms with Crippen LogP contribution in [0.4, 0.5) is 5.69 Å². The zero-order valence-electron chi connectivity index (χ0n) is 17.5. The number of halogens is 2. The molecule has 3 aromatic carbocycles. The molecule has 158 valence electrons. The summed E-state index contributed by atoms with van der Waals surface area (Å²) in [7, 11) is 0. The second kappa shape index (κ2) is 8.74. The third kappa shape index (κ3) is 4.46. The Bertz CT molecular complexity index is 1280. The summed E-state index contributed by atoms with van der Waals surface area (Å²) in [4.78, 5) is 17.4. The molecular formula is C25H22Cl2N2O2. The highest BCUT2D eigenvalue weighted by atomic mass is 35.5. The highest BCUT2D eigenvalue weighted by Gasteiger charge is 2.16. The van der Waals surface area contributed by atoms with Gasteiger partial charge in [0.25, 0.3) is 5.91 Å². The molecule has 0 aliphatic heterocycles. The highest BCUT2D eigenvalue weighted by Crippen LogP contribution is 2.32. The van der Waals surface area contributed by atoms with Crippen LogP contribution in [0.2, 0.25) is 10.0 Å². The Kier molecular flexibility index (Phi) is 6.03. The number of fused-ring (bicyclic) bond motifs is 1. The third-order valence-electron chi connectivity index (χ3n) is 5.42. The van der Waals surface area contributed by atoms with Crippen LogP contribution < -0.4 is 5.32 Å². The topological polar surface area (TPSA) is 55.1 Å². The van der Waals surface area contributed by atoms with Crippen molar-refractivity contribution >= 4 is 45.9 Å². The van der Waals surface area contributed by atoms with Crippen LogP contribution in [0.5, 0.6) is 0 Å². The number of hydrogen-bond acceptors (Lipinski definition) is 3. The second-order valence-corrected chi connectivity index (χ2v) is 8.50. The Morgan fingerprint density at radius 3 is 2.61 bits per heavy atom. The first kappa shape index (κ1) is 21.4. The van der Waals surface area contributed by atoms with Gasteiger partial charge in [-0.1, -0.05) is 49.2 Å². The summed E-state index contributed by atoms with van der Waals surface area (Å²) in [5, 5.41) is 3.64. The maximum atomic E-state index is 12.7. The Balaban J connectivity index is 1.65. The average molecular weight is 453 g/mol. The number of oxazole rings is 1. The highest BCUT2D eigenvalue weighted by molar-refractivity contribution is 6.36. The number of rotatable bonds is 5. The van der Waals surface area contributed by atoms with Crippen LogP contribution in [0.25, 0.3) is 22.6 Å². The van der Waals surface area contributed by atoms with Gasteiger partial charge in [-0.25, -0.2) is 4.98 Å². The lowest BCUT2D eigenvalue weighted by atomic mass is 9.98. The summed E-state index contributed by atoms with van der Waals surface area (Å²) in [6.07, 6.45) is 1.06. The summed E-state index contributed by atoms with van der Waals surface area (Å²) in [6, 6.07) is 16.7. The van der Waals surface area contributed by atoms with Gasteiger partial charge >= 0.3 is 0 Å². The van der Waals surface area contributed by atoms with Crippen molar-refractivity contribution in [2.45, 2.75) is 33.1 Å². The minimum Gasteiger partial charge on any atom is -0.436 e. The molecule has 4 nitrogen and oxygen atoms in total. The van der Waals surface area contributed by atoms with Crippen LogP contribution in [0, 0.1) is 6.92 Å². The second-order valence-electron chi connectivity index (χ2n) is 7.69. The quantitative estimate of drug-likeness (QED) is 0.334. The molecule has 0 saturated carbocycles. The van der Waals surface area contributed by atoms with E-state index in [0.717, 1.165) is 23.1 Å². The number of aromatic nitrogens is 1. The molecule has 0 bridgehead atoms. The largest absolute Gasteiger partial charge is 0.436 e. The van der Waals surface area contributed by atoms with Gasteiger partial charge in [0.1, 0.15) is 5.52 Å². The fraction of sp³-hybridized carbons (Fsp3) is 0.200. The monoisotopic (exact) mass is 452 g/mol. The SMILES string of the molecule is CC[C@H](C)c1ccc2oc(-c3ccc(Cl)c(NC(=O)c4ccc(C)cc4Cl)c3)nc2c1. The van der Waals surface area contributed by atoms with Crippen molar-refractivity contribution in [2.75, 3.05) is 5.32 Å². The van der Waals surface area contributed by atoms with E-state index in [1.54, 1.807) is 24.3 Å². The number of aryl methyl sites for hydroxylation is 1. The molecule has 1 amide bonds. The Hall–Kier alpha value is -2.82. The van der Waals surface area contributed by atoms with Crippen molar-refractivity contribution in [3.8, 4) is 11.5 Å². The normalized spacial score (nSPS) is 12.2. The van der Waals surface area contributed by atoms with Gasteiger partial charge in [-0.2, -0.15) is 0 Å². The standard InChI is InChI=1S/C25H22Cl2N2O2/c1-4-15(3)16-7-10-23-22(12-16)29-25(31-23)17-6-9-19(26)21(13-17)28-24(30)18-8-5-14(2)11-20(18)27/h5-13,15H,4H2,1-3H3,(H,28,30)/t15-/m0/s1. The van der Waals surface area contributed by atoms with E-state index in [1.807, 2.05) is 25.1 Å². The van der Waals surface area contributed by atoms with Gasteiger partial charge in [-0.15, -0.1) is 0 Å². The predicted octanol–water partition coefficient (Wildman–Crippen LogP) is 7.88. The molecule has 4 rings (SSSR count). The van der Waals surface area contributed by atoms with E-state index in [0.29, 0.717) is 38.7 Å². The molecule has 1 N–H and O–H groups in total. The van der Waals surface area contributed by atoms with Crippen molar-refractivity contribution in [3.05, 3.63) is 81.3 Å². The molecule has 1 aromatic heterocycles. The molecule has 0 aliphatic carbocycles. The van der Waals surface area contributed by atoms with E-state index in [9.17, 15) is 4.79 Å². The van der Waals surface area contributed by atoms with E-state index in [-0.39, 0.29) is 5.91 Å². The van der Waals surface area contributed by atoms with Crippen LogP contribution in [-0.2, 0) is 0 Å². The first-order chi connectivity index (χ1) is 14.9. The fourth-order valence-corrected chi connectivity index (χ4v) is 3.84. The number of benzene rings is 3. The molecule has 0 aliphatic rings. The van der Waals surface area contributed by atoms with Gasteiger partial charge in [-0.3, -0.25) is 4.79 Å². The van der Waals surface area contributed by atoms with Crippen LogP contribution >= 0.6 is 23.2 Å². The molecule has 0 spiro atoms. The third-order valence-corrected chi connectivity index (χ3v) is 6.07. The zero-order valence-corrected chi connectivity index (χ0v) is 19.0. The molecule has 0 radical (unpaired) electrons. The van der Waals surface area contributed by atoms with Crippen LogP contribution in [0.15, 0.2) is 59.0 Å². The predicted molar refractivity (Wildman–Crippen MR) is 127 cm³/mol. The summed E-state index contributed by atoms with van der Waals surface area (Å²) in [5.74, 6) is 0.590. The summed E-state index contributed by atoms with van der Waals surface area (Å²) in [6.45, 7) is 6.27. The summed E-state index contributed by atoms with van der Waals surface area (Å²) >= 11 is 12.6. The molecule has 1 heterocycles. The van der Waals surface area contributed by atoms with Gasteiger partial charge in [-0.05, 0) is 72.9 Å². The van der Waals surface area contributed by atoms with Crippen molar-refractivity contribution in [1.82, 2.24) is 4.98 Å². The van der Waals surface area contributed by atoms with Gasteiger partial charge in [0, 0.05) is 5.56 Å². The van der Waals surface area contributed by atoms with E-state index < -0.39 is 0 Å². The number of carbonyl (C=O) groups is 1. The van der Waals surface area contributed by atoms with Gasteiger partial charge in [0.2, 0.25) is 5.89 Å². The van der Waals surface area contributed by atoms with Crippen molar-refractivity contribution in [2.24, 2.45) is 0 Å². The Labute approximate surface area is 191 Å². The lowest BCUT2D eigenvalue weighted by molar-refractivity contribution is 0.102. The van der Waals surface area contributed by atoms with E-state index >= 15 is 0 Å². The maximum absolute atomic E-state index is 12.7. The minimum absolute atomic E-state index is 0.334. The van der Waals surface area contributed by atoms with Crippen molar-refractivity contribution in [1.29, 1.82) is 0 Å². The van der Waals surface area contributed by atoms with Crippen molar-refractivity contribution in [3.63, 3.8) is 0 Å². The lowest BCUT2D eigenvalue weighted by Gasteiger charge is -2.10. The molecule has 6 heteroatoms. The molecule has 0 saturated heterocycles. The summed E-state index contributed by atoms with van der Waals surface area (Å²) in [5.41, 5.74) is 5.30. The Morgan fingerprint density at radius 1 is 1.06 bits per heavy atom. The van der Waals surface area contributed by atoms with Crippen LogP contribution in [0.1, 0.15) is 47.7 Å². The minimum atomic E-state index is -0.334. The number of nitrogens with zero attached hydrogens (tertiary/aromatic N) is 1. The number of carbonyl (C=O) groups excluding carboxylic acids is 1. The first-order valence-corrected chi connectivity index (χ1v) is 10.9. The molecule has 4 aromatic rings. The molecule has 0 fully saturated rings. The molecular weight excluding hydrogens is 431 g/mol. The smallest absolute Gasteiger partial charge is 0.257 e. The fourth-order valence-electron chi connectivity index (χ4n) is 3.36. The molecule has 1 atom stereocenters. The first-order valence-electron chi connectivity index (χ1n) is 10.1. The Morgan fingerprint density at radius 2 is 1.87 bits per heavy atom. The van der Waals surface area contributed by atoms with Crippen LogP contribution in [-0.4, -0.2) is 10.9 Å². The molecule has 0 unspecified atom stereocenters. The lowest BCUT2D eigenvalue weighted by Crippen LogP contribution is -2.13.